The first-order chi connectivity index (χ1) is 14.8. The van der Waals surface area contributed by atoms with Crippen molar-refractivity contribution in [1.29, 1.82) is 0 Å². The number of hydrogen-bond acceptors (Lipinski definition) is 4. The van der Waals surface area contributed by atoms with Crippen molar-refractivity contribution in [2.24, 2.45) is 10.8 Å². The quantitative estimate of drug-likeness (QED) is 0.541. The monoisotopic (exact) mass is 446 g/mol. The summed E-state index contributed by atoms with van der Waals surface area (Å²) in [5.74, 6) is 0.628. The molecule has 2 aliphatic carbocycles. The van der Waals surface area contributed by atoms with Crippen LogP contribution in [0.1, 0.15) is 70.8 Å². The fourth-order valence-corrected chi connectivity index (χ4v) is 7.63. The van der Waals surface area contributed by atoms with Gasteiger partial charge in [-0.1, -0.05) is 20.8 Å². The van der Waals surface area contributed by atoms with Crippen LogP contribution in [0.15, 0.2) is 18.3 Å². The Morgan fingerprint density at radius 2 is 1.90 bits per heavy atom. The van der Waals surface area contributed by atoms with E-state index in [1.165, 1.54) is 6.42 Å². The molecule has 1 N–H and O–H groups in total. The van der Waals surface area contributed by atoms with Crippen molar-refractivity contribution in [3.8, 4) is 11.5 Å². The highest BCUT2D eigenvalue weighted by Gasteiger charge is 2.57. The Hall–Kier alpha value is -1.89. The Morgan fingerprint density at radius 3 is 2.48 bits per heavy atom. The summed E-state index contributed by atoms with van der Waals surface area (Å²) >= 11 is 1.14. The van der Waals surface area contributed by atoms with Gasteiger partial charge in [0.1, 0.15) is 0 Å². The smallest absolute Gasteiger partial charge is 0.223 e. The largest absolute Gasteiger partial charge is 0.421 e. The normalized spacial score (nSPS) is 32.5. The van der Waals surface area contributed by atoms with E-state index in [0.29, 0.717) is 35.1 Å². The standard InChI is InChI=1S/C24H31FN2O3S/c1-14(17-12-26-18-5-6-19(29-25)22(21(17)18)30-31-4)7-20(28)27-15-8-23(2)9-16(27)11-24(3,10-15)13-23/h5-6,12,14-16,26H,7-11,13H2,1-4H3. The molecule has 4 aliphatic rings. The van der Waals surface area contributed by atoms with Gasteiger partial charge in [-0.25, -0.2) is 0 Å². The van der Waals surface area contributed by atoms with E-state index >= 15 is 0 Å². The van der Waals surface area contributed by atoms with Gasteiger partial charge in [-0.15, -0.1) is 0 Å². The predicted octanol–water partition coefficient (Wildman–Crippen LogP) is 6.15. The van der Waals surface area contributed by atoms with Crippen molar-refractivity contribution >= 4 is 28.9 Å². The first-order valence-electron chi connectivity index (χ1n) is 11.2. The number of hydrogen-bond donors (Lipinski definition) is 1. The zero-order chi connectivity index (χ0) is 22.0. The molecule has 2 saturated carbocycles. The molecule has 0 radical (unpaired) electrons. The zero-order valence-electron chi connectivity index (χ0n) is 18.7. The average molecular weight is 447 g/mol. The van der Waals surface area contributed by atoms with Crippen molar-refractivity contribution in [3.63, 3.8) is 0 Å². The molecule has 2 aromatic rings. The number of piperidine rings is 2. The minimum atomic E-state index is -0.0244. The highest BCUT2D eigenvalue weighted by atomic mass is 32.2. The molecule has 0 spiro atoms. The minimum absolute atomic E-state index is 0.0244. The molecule has 4 bridgehead atoms. The molecule has 3 heterocycles. The SMILES string of the molecule is CSOc1c(OF)ccc2[nH]cc(C(C)CC(=O)N3C4CC5(C)CC3CC(C)(C4)C5)c12. The summed E-state index contributed by atoms with van der Waals surface area (Å²) in [6.07, 6.45) is 9.96. The number of aromatic nitrogens is 1. The van der Waals surface area contributed by atoms with Gasteiger partial charge in [-0.2, -0.15) is 0 Å². The number of nitrogens with one attached hydrogen (secondary N) is 1. The number of halogens is 1. The van der Waals surface area contributed by atoms with Crippen molar-refractivity contribution in [2.75, 3.05) is 6.26 Å². The van der Waals surface area contributed by atoms with E-state index in [4.69, 9.17) is 4.18 Å². The molecule has 1 unspecified atom stereocenters. The number of carbonyl (C=O) groups is 1. The highest BCUT2D eigenvalue weighted by Crippen LogP contribution is 2.61. The third-order valence-electron chi connectivity index (χ3n) is 7.90. The summed E-state index contributed by atoms with van der Waals surface area (Å²) in [7, 11) is 0. The molecule has 6 rings (SSSR count). The molecule has 5 nitrogen and oxygen atoms in total. The van der Waals surface area contributed by atoms with Gasteiger partial charge >= 0.3 is 0 Å². The first kappa shape index (κ1) is 21.0. The fraction of sp³-hybridized carbons (Fsp3) is 0.625. The van der Waals surface area contributed by atoms with E-state index in [2.05, 4.69) is 35.6 Å². The van der Waals surface area contributed by atoms with E-state index in [9.17, 15) is 9.32 Å². The number of nitrogens with zero attached hydrogens (tertiary/aromatic N) is 1. The molecule has 1 aromatic carbocycles. The Labute approximate surface area is 187 Å². The maximum Gasteiger partial charge on any atom is 0.223 e. The lowest BCUT2D eigenvalue weighted by atomic mass is 9.50. The van der Waals surface area contributed by atoms with Crippen molar-refractivity contribution in [1.82, 2.24) is 9.88 Å². The first-order valence-corrected chi connectivity index (χ1v) is 12.4. The maximum absolute atomic E-state index is 13.5. The second kappa shape index (κ2) is 7.32. The summed E-state index contributed by atoms with van der Waals surface area (Å²) in [6, 6.07) is 4.07. The topological polar surface area (TPSA) is 54.6 Å². The Bertz CT molecular complexity index is 986. The van der Waals surface area contributed by atoms with Crippen LogP contribution in [-0.4, -0.2) is 34.1 Å². The molecule has 4 fully saturated rings. The highest BCUT2D eigenvalue weighted by molar-refractivity contribution is 7.94. The molecular formula is C24H31FN2O3S. The van der Waals surface area contributed by atoms with Gasteiger partial charge in [0.2, 0.25) is 11.7 Å². The molecule has 2 aliphatic heterocycles. The van der Waals surface area contributed by atoms with Crippen LogP contribution < -0.4 is 9.12 Å². The van der Waals surface area contributed by atoms with E-state index in [1.807, 2.05) is 6.20 Å². The lowest BCUT2D eigenvalue weighted by Gasteiger charge is -2.64. The molecule has 1 aromatic heterocycles. The van der Waals surface area contributed by atoms with Crippen LogP contribution >= 0.6 is 12.0 Å². The fourth-order valence-electron chi connectivity index (χ4n) is 7.30. The van der Waals surface area contributed by atoms with Gasteiger partial charge in [0.05, 0.1) is 17.4 Å². The molecule has 1 atom stereocenters. The predicted molar refractivity (Wildman–Crippen MR) is 121 cm³/mol. The second-order valence-corrected chi connectivity index (χ2v) is 11.2. The Morgan fingerprint density at radius 1 is 1.26 bits per heavy atom. The lowest BCUT2D eigenvalue weighted by Crippen LogP contribution is -2.65. The molecule has 2 saturated heterocycles. The number of carbonyl (C=O) groups excluding carboxylic acids is 1. The van der Waals surface area contributed by atoms with Crippen LogP contribution in [0.4, 0.5) is 4.53 Å². The third kappa shape index (κ3) is 3.40. The van der Waals surface area contributed by atoms with Gasteiger partial charge in [-0.05, 0) is 66.5 Å². The Kier molecular flexibility index (Phi) is 4.96. The number of rotatable bonds is 6. The van der Waals surface area contributed by atoms with Gasteiger partial charge in [0, 0.05) is 41.0 Å². The van der Waals surface area contributed by atoms with Gasteiger partial charge < -0.3 is 14.1 Å². The van der Waals surface area contributed by atoms with Gasteiger partial charge in [0.15, 0.2) is 5.75 Å². The maximum atomic E-state index is 13.5. The van der Waals surface area contributed by atoms with Crippen LogP contribution in [0, 0.1) is 10.8 Å². The Balaban J connectivity index is 1.40. The van der Waals surface area contributed by atoms with Gasteiger partial charge in [-0.3, -0.25) is 9.74 Å². The molecular weight excluding hydrogens is 415 g/mol. The van der Waals surface area contributed by atoms with E-state index in [1.54, 1.807) is 18.4 Å². The van der Waals surface area contributed by atoms with Crippen LogP contribution in [-0.2, 0) is 4.79 Å². The average Bonchev–Trinajstić information content (AvgIpc) is 3.10. The number of benzene rings is 1. The van der Waals surface area contributed by atoms with Crippen LogP contribution in [0.25, 0.3) is 10.9 Å². The zero-order valence-corrected chi connectivity index (χ0v) is 19.5. The minimum Gasteiger partial charge on any atom is -0.421 e. The summed E-state index contributed by atoms with van der Waals surface area (Å²) < 4.78 is 18.7. The number of H-pyrrole nitrogens is 1. The molecule has 1 amide bonds. The molecule has 168 valence electrons. The van der Waals surface area contributed by atoms with Crippen LogP contribution in [0.3, 0.4) is 0 Å². The number of aromatic amines is 1. The van der Waals surface area contributed by atoms with E-state index in [-0.39, 0.29) is 17.6 Å². The van der Waals surface area contributed by atoms with E-state index in [0.717, 1.165) is 54.2 Å². The summed E-state index contributed by atoms with van der Waals surface area (Å²) in [4.78, 5) is 23.0. The molecule has 31 heavy (non-hydrogen) atoms. The second-order valence-electron chi connectivity index (χ2n) is 10.7. The van der Waals surface area contributed by atoms with Crippen molar-refractivity contribution < 1.29 is 18.4 Å². The summed E-state index contributed by atoms with van der Waals surface area (Å²) in [6.45, 7) is 6.89. The number of fused-ring (bicyclic) bond motifs is 1. The van der Waals surface area contributed by atoms with E-state index < -0.39 is 0 Å². The van der Waals surface area contributed by atoms with Crippen molar-refractivity contribution in [2.45, 2.75) is 77.3 Å². The van der Waals surface area contributed by atoms with Crippen LogP contribution in [0.2, 0.25) is 0 Å². The van der Waals surface area contributed by atoms with Crippen LogP contribution in [0.5, 0.6) is 11.5 Å². The summed E-state index contributed by atoms with van der Waals surface area (Å²) in [5.41, 5.74) is 2.59. The number of amides is 1. The lowest BCUT2D eigenvalue weighted by molar-refractivity contribution is -0.168. The third-order valence-corrected chi connectivity index (χ3v) is 8.23. The van der Waals surface area contributed by atoms with Crippen molar-refractivity contribution in [3.05, 3.63) is 23.9 Å². The molecule has 7 heteroatoms. The van der Waals surface area contributed by atoms with Gasteiger partial charge in [0.25, 0.3) is 0 Å². The summed E-state index contributed by atoms with van der Waals surface area (Å²) in [5, 5.41) is 0.782.